The first-order valence-electron chi connectivity index (χ1n) is 8.14. The number of hydrogen-bond donors (Lipinski definition) is 3. The molecule has 0 atom stereocenters. The Hall–Kier alpha value is -3.55. The molecule has 2 aromatic rings. The number of methoxy groups -OCH3 is 2. The Morgan fingerprint density at radius 1 is 1.04 bits per heavy atom. The number of phenolic OH excluding ortho intramolecular Hbond substituents is 1. The van der Waals surface area contributed by atoms with Gasteiger partial charge in [0.1, 0.15) is 5.75 Å². The smallest absolute Gasteiger partial charge is 0.329 e. The van der Waals surface area contributed by atoms with Crippen LogP contribution in [-0.4, -0.2) is 43.9 Å². The average Bonchev–Trinajstić information content (AvgIpc) is 2.69. The molecule has 0 unspecified atom stereocenters. The number of aromatic hydroxyl groups is 1. The zero-order valence-electron chi connectivity index (χ0n) is 15.1. The van der Waals surface area contributed by atoms with Gasteiger partial charge < -0.3 is 19.9 Å². The first-order chi connectivity index (χ1) is 13.0. The van der Waals surface area contributed by atoms with Crippen LogP contribution in [0.15, 0.2) is 47.6 Å². The number of hydrazone groups is 1. The molecule has 8 heteroatoms. The van der Waals surface area contributed by atoms with Crippen molar-refractivity contribution < 1.29 is 24.2 Å². The lowest BCUT2D eigenvalue weighted by molar-refractivity contribution is -0.139. The Labute approximate surface area is 156 Å². The Bertz CT molecular complexity index is 819. The first kappa shape index (κ1) is 19.8. The minimum atomic E-state index is -0.864. The number of amides is 2. The molecule has 2 aromatic carbocycles. The largest absolute Gasteiger partial charge is 0.508 e. The van der Waals surface area contributed by atoms with Crippen LogP contribution < -0.4 is 20.2 Å². The third-order valence-electron chi connectivity index (χ3n) is 3.63. The first-order valence-corrected chi connectivity index (χ1v) is 8.14. The molecule has 142 valence electrons. The highest BCUT2D eigenvalue weighted by Crippen LogP contribution is 2.27. The maximum Gasteiger partial charge on any atom is 0.329 e. The minimum absolute atomic E-state index is 0.130. The molecule has 0 aliphatic carbocycles. The summed E-state index contributed by atoms with van der Waals surface area (Å²) in [5.74, 6) is -0.292. The fourth-order valence-electron chi connectivity index (χ4n) is 2.21. The molecule has 0 fully saturated rings. The van der Waals surface area contributed by atoms with Crippen LogP contribution in [0.5, 0.6) is 17.2 Å². The number of rotatable bonds is 7. The van der Waals surface area contributed by atoms with E-state index in [1.54, 1.807) is 32.4 Å². The molecule has 8 nitrogen and oxygen atoms in total. The van der Waals surface area contributed by atoms with Gasteiger partial charge in [-0.2, -0.15) is 5.10 Å². The highest BCUT2D eigenvalue weighted by molar-refractivity contribution is 6.35. The van der Waals surface area contributed by atoms with Crippen LogP contribution in [0.1, 0.15) is 11.1 Å². The van der Waals surface area contributed by atoms with E-state index in [0.717, 1.165) is 5.56 Å². The lowest BCUT2D eigenvalue weighted by Crippen LogP contribution is -2.38. The van der Waals surface area contributed by atoms with Crippen LogP contribution >= 0.6 is 0 Å². The SMILES string of the molecule is COc1ccc(CCNC(=O)C(=O)NN=Cc2ccc(O)cc2)cc1OC. The maximum atomic E-state index is 11.8. The molecular formula is C19H21N3O5. The van der Waals surface area contributed by atoms with E-state index in [4.69, 9.17) is 9.47 Å². The molecular weight excluding hydrogens is 350 g/mol. The predicted molar refractivity (Wildman–Crippen MR) is 100 cm³/mol. The number of hydrogen-bond acceptors (Lipinski definition) is 6. The van der Waals surface area contributed by atoms with Gasteiger partial charge in [0.05, 0.1) is 20.4 Å². The molecule has 0 radical (unpaired) electrons. The zero-order chi connectivity index (χ0) is 19.6. The number of carbonyl (C=O) groups excluding carboxylic acids is 2. The van der Waals surface area contributed by atoms with Crippen molar-refractivity contribution in [3.63, 3.8) is 0 Å². The van der Waals surface area contributed by atoms with Gasteiger partial charge in [0.2, 0.25) is 0 Å². The molecule has 2 amide bonds. The summed E-state index contributed by atoms with van der Waals surface area (Å²) in [5.41, 5.74) is 3.74. The zero-order valence-corrected chi connectivity index (χ0v) is 15.1. The Morgan fingerprint density at radius 2 is 1.74 bits per heavy atom. The van der Waals surface area contributed by atoms with E-state index in [1.165, 1.54) is 18.3 Å². The monoisotopic (exact) mass is 371 g/mol. The summed E-state index contributed by atoms with van der Waals surface area (Å²) < 4.78 is 10.4. The van der Waals surface area contributed by atoms with Crippen molar-refractivity contribution in [2.75, 3.05) is 20.8 Å². The van der Waals surface area contributed by atoms with Crippen molar-refractivity contribution in [2.24, 2.45) is 5.10 Å². The number of nitrogens with zero attached hydrogens (tertiary/aromatic N) is 1. The van der Waals surface area contributed by atoms with Crippen molar-refractivity contribution in [2.45, 2.75) is 6.42 Å². The molecule has 0 aromatic heterocycles. The second-order valence-electron chi connectivity index (χ2n) is 5.49. The van der Waals surface area contributed by atoms with E-state index in [9.17, 15) is 14.7 Å². The quantitative estimate of drug-likeness (QED) is 0.385. The van der Waals surface area contributed by atoms with Gasteiger partial charge in [-0.25, -0.2) is 5.43 Å². The topological polar surface area (TPSA) is 109 Å². The fraction of sp³-hybridized carbons (Fsp3) is 0.211. The van der Waals surface area contributed by atoms with Crippen molar-refractivity contribution >= 4 is 18.0 Å². The van der Waals surface area contributed by atoms with E-state index < -0.39 is 11.8 Å². The Balaban J connectivity index is 1.78. The van der Waals surface area contributed by atoms with Crippen LogP contribution in [0.3, 0.4) is 0 Å². The summed E-state index contributed by atoms with van der Waals surface area (Å²) in [6.45, 7) is 0.281. The molecule has 2 rings (SSSR count). The second-order valence-corrected chi connectivity index (χ2v) is 5.49. The molecule has 0 aliphatic heterocycles. The van der Waals surface area contributed by atoms with Gasteiger partial charge >= 0.3 is 11.8 Å². The third-order valence-corrected chi connectivity index (χ3v) is 3.63. The van der Waals surface area contributed by atoms with Gasteiger partial charge in [-0.15, -0.1) is 0 Å². The predicted octanol–water partition coefficient (Wildman–Crippen LogP) is 1.22. The number of ether oxygens (including phenoxy) is 2. The summed E-state index contributed by atoms with van der Waals surface area (Å²) in [6.07, 6.45) is 1.89. The van der Waals surface area contributed by atoms with E-state index in [2.05, 4.69) is 15.8 Å². The van der Waals surface area contributed by atoms with E-state index in [-0.39, 0.29) is 12.3 Å². The van der Waals surface area contributed by atoms with Gasteiger partial charge in [0.15, 0.2) is 11.5 Å². The summed E-state index contributed by atoms with van der Waals surface area (Å²) in [7, 11) is 3.10. The van der Waals surface area contributed by atoms with Crippen LogP contribution in [0, 0.1) is 0 Å². The van der Waals surface area contributed by atoms with Gasteiger partial charge in [0.25, 0.3) is 0 Å². The lowest BCUT2D eigenvalue weighted by atomic mass is 10.1. The summed E-state index contributed by atoms with van der Waals surface area (Å²) in [4.78, 5) is 23.5. The fourth-order valence-corrected chi connectivity index (χ4v) is 2.21. The highest BCUT2D eigenvalue weighted by atomic mass is 16.5. The van der Waals surface area contributed by atoms with Crippen LogP contribution in [0.25, 0.3) is 0 Å². The normalized spacial score (nSPS) is 10.4. The van der Waals surface area contributed by atoms with Crippen LogP contribution in [0.2, 0.25) is 0 Å². The van der Waals surface area contributed by atoms with Gasteiger partial charge in [-0.1, -0.05) is 6.07 Å². The van der Waals surface area contributed by atoms with Crippen molar-refractivity contribution in [3.05, 3.63) is 53.6 Å². The molecule has 0 saturated heterocycles. The summed E-state index contributed by atoms with van der Waals surface area (Å²) >= 11 is 0. The van der Waals surface area contributed by atoms with E-state index in [1.807, 2.05) is 12.1 Å². The van der Waals surface area contributed by atoms with E-state index >= 15 is 0 Å². The minimum Gasteiger partial charge on any atom is -0.508 e. The lowest BCUT2D eigenvalue weighted by Gasteiger charge is -2.10. The van der Waals surface area contributed by atoms with Crippen LogP contribution in [-0.2, 0) is 16.0 Å². The van der Waals surface area contributed by atoms with Gasteiger partial charge in [-0.3, -0.25) is 9.59 Å². The molecule has 0 saturated carbocycles. The number of nitrogens with one attached hydrogen (secondary N) is 2. The molecule has 0 aliphatic rings. The van der Waals surface area contributed by atoms with E-state index in [0.29, 0.717) is 23.5 Å². The van der Waals surface area contributed by atoms with Crippen molar-refractivity contribution in [1.82, 2.24) is 10.7 Å². The summed E-state index contributed by atoms with van der Waals surface area (Å²) in [5, 5.41) is 15.4. The van der Waals surface area contributed by atoms with Crippen molar-refractivity contribution in [3.8, 4) is 17.2 Å². The molecule has 0 bridgehead atoms. The van der Waals surface area contributed by atoms with Gasteiger partial charge in [-0.05, 0) is 53.9 Å². The van der Waals surface area contributed by atoms with Crippen molar-refractivity contribution in [1.29, 1.82) is 0 Å². The van der Waals surface area contributed by atoms with Gasteiger partial charge in [0, 0.05) is 6.54 Å². The standard InChI is InChI=1S/C19H21N3O5/c1-26-16-8-5-13(11-17(16)27-2)9-10-20-18(24)19(25)22-21-12-14-3-6-15(23)7-4-14/h3-8,11-12,23H,9-10H2,1-2H3,(H,20,24)(H,22,25). The number of carbonyl (C=O) groups is 2. The highest BCUT2D eigenvalue weighted by Gasteiger charge is 2.12. The maximum absolute atomic E-state index is 11.8. The Kier molecular flexibility index (Phi) is 7.18. The second kappa shape index (κ2) is 9.81. The molecule has 0 heterocycles. The van der Waals surface area contributed by atoms with Crippen LogP contribution in [0.4, 0.5) is 0 Å². The summed E-state index contributed by atoms with van der Waals surface area (Å²) in [6, 6.07) is 11.7. The molecule has 3 N–H and O–H groups in total. The third kappa shape index (κ3) is 6.03. The number of phenols is 1. The Morgan fingerprint density at radius 3 is 2.41 bits per heavy atom. The molecule has 27 heavy (non-hydrogen) atoms. The number of benzene rings is 2. The molecule has 0 spiro atoms. The average molecular weight is 371 g/mol.